The Hall–Kier alpha value is -2.50. The van der Waals surface area contributed by atoms with Gasteiger partial charge in [0.2, 0.25) is 0 Å². The van der Waals surface area contributed by atoms with Gasteiger partial charge in [-0.2, -0.15) is 0 Å². The fourth-order valence-corrected chi connectivity index (χ4v) is 1.43. The fraction of sp³-hybridized carbons (Fsp3) is 0. The number of hydrogen-bond acceptors (Lipinski definition) is 1. The molecular weight excluding hydrogens is 257 g/mol. The third kappa shape index (κ3) is 3.25. The lowest BCUT2D eigenvalue weighted by molar-refractivity contribution is 0.262. The van der Waals surface area contributed by atoms with Crippen molar-refractivity contribution in [2.75, 3.05) is 10.6 Å². The maximum atomic E-state index is 13.3. The molecule has 2 amide bonds. The van der Waals surface area contributed by atoms with Gasteiger partial charge in [-0.1, -0.05) is 12.1 Å². The maximum absolute atomic E-state index is 13.3. The Morgan fingerprint density at radius 2 is 1.47 bits per heavy atom. The molecule has 0 saturated carbocycles. The Balaban J connectivity index is 2.10. The zero-order chi connectivity index (χ0) is 13.8. The normalized spacial score (nSPS) is 10.1. The van der Waals surface area contributed by atoms with Gasteiger partial charge in [0.25, 0.3) is 0 Å². The van der Waals surface area contributed by atoms with E-state index in [0.29, 0.717) is 0 Å². The first-order chi connectivity index (χ1) is 9.06. The van der Waals surface area contributed by atoms with Crippen molar-refractivity contribution in [3.05, 3.63) is 59.9 Å². The third-order valence-corrected chi connectivity index (χ3v) is 2.30. The molecule has 0 aliphatic carbocycles. The van der Waals surface area contributed by atoms with Crippen molar-refractivity contribution in [3.8, 4) is 0 Å². The molecule has 6 heteroatoms. The van der Waals surface area contributed by atoms with E-state index in [4.69, 9.17) is 0 Å². The van der Waals surface area contributed by atoms with Crippen molar-refractivity contribution < 1.29 is 18.0 Å². The van der Waals surface area contributed by atoms with Crippen molar-refractivity contribution in [1.29, 1.82) is 0 Å². The Morgan fingerprint density at radius 1 is 0.842 bits per heavy atom. The summed E-state index contributed by atoms with van der Waals surface area (Å²) in [7, 11) is 0. The molecule has 0 aliphatic rings. The fourth-order valence-electron chi connectivity index (χ4n) is 1.43. The average Bonchev–Trinajstić information content (AvgIpc) is 2.37. The Morgan fingerprint density at radius 3 is 2.21 bits per heavy atom. The smallest absolute Gasteiger partial charge is 0.305 e. The molecule has 0 saturated heterocycles. The van der Waals surface area contributed by atoms with E-state index in [1.54, 1.807) is 0 Å². The Labute approximate surface area is 107 Å². The molecule has 3 nitrogen and oxygen atoms in total. The Bertz CT molecular complexity index is 617. The number of hydrogen-bond donors (Lipinski definition) is 2. The summed E-state index contributed by atoms with van der Waals surface area (Å²) in [5.74, 6) is -2.11. The summed E-state index contributed by atoms with van der Waals surface area (Å²) in [4.78, 5) is 11.5. The van der Waals surface area contributed by atoms with E-state index in [0.717, 1.165) is 18.2 Å². The molecule has 98 valence electrons. The standard InChI is InChI=1S/C13H9F3N2O/c14-8-5-6-10(16)12(7-8)18-13(19)17-11-4-2-1-3-9(11)15/h1-7H,(H2,17,18,19). The van der Waals surface area contributed by atoms with Crippen LogP contribution in [-0.2, 0) is 0 Å². The minimum Gasteiger partial charge on any atom is -0.305 e. The van der Waals surface area contributed by atoms with Gasteiger partial charge in [-0.15, -0.1) is 0 Å². The molecule has 0 bridgehead atoms. The van der Waals surface area contributed by atoms with Crippen molar-refractivity contribution in [2.24, 2.45) is 0 Å². The molecule has 2 aromatic carbocycles. The molecule has 0 aliphatic heterocycles. The number of para-hydroxylation sites is 1. The molecule has 19 heavy (non-hydrogen) atoms. The number of amides is 2. The summed E-state index contributed by atoms with van der Waals surface area (Å²) < 4.78 is 39.4. The van der Waals surface area contributed by atoms with Crippen LogP contribution in [0.1, 0.15) is 0 Å². The molecule has 2 N–H and O–H groups in total. The first kappa shape index (κ1) is 12.9. The van der Waals surface area contributed by atoms with Gasteiger partial charge in [0.15, 0.2) is 0 Å². The highest BCUT2D eigenvalue weighted by Crippen LogP contribution is 2.17. The van der Waals surface area contributed by atoms with Gasteiger partial charge in [0.1, 0.15) is 17.5 Å². The van der Waals surface area contributed by atoms with Crippen LogP contribution >= 0.6 is 0 Å². The minimum atomic E-state index is -0.866. The van der Waals surface area contributed by atoms with Gasteiger partial charge in [-0.25, -0.2) is 18.0 Å². The highest BCUT2D eigenvalue weighted by atomic mass is 19.1. The second-order valence-electron chi connectivity index (χ2n) is 3.68. The molecule has 0 atom stereocenters. The first-order valence-electron chi connectivity index (χ1n) is 5.34. The van der Waals surface area contributed by atoms with Crippen LogP contribution in [0.25, 0.3) is 0 Å². The van der Waals surface area contributed by atoms with Crippen LogP contribution in [0.15, 0.2) is 42.5 Å². The van der Waals surface area contributed by atoms with Crippen LogP contribution in [0.4, 0.5) is 29.3 Å². The zero-order valence-electron chi connectivity index (χ0n) is 9.58. The lowest BCUT2D eigenvalue weighted by Gasteiger charge is -2.09. The van der Waals surface area contributed by atoms with Crippen LogP contribution in [0, 0.1) is 17.5 Å². The van der Waals surface area contributed by atoms with E-state index >= 15 is 0 Å². The van der Waals surface area contributed by atoms with Crippen molar-refractivity contribution in [2.45, 2.75) is 0 Å². The summed E-state index contributed by atoms with van der Waals surface area (Å²) in [6.45, 7) is 0. The predicted molar refractivity (Wildman–Crippen MR) is 65.4 cm³/mol. The first-order valence-corrected chi connectivity index (χ1v) is 5.34. The monoisotopic (exact) mass is 266 g/mol. The second kappa shape index (κ2) is 5.43. The number of carbonyl (C=O) groups is 1. The summed E-state index contributed by atoms with van der Waals surface area (Å²) in [5.41, 5.74) is -0.384. The molecule has 2 aromatic rings. The largest absolute Gasteiger partial charge is 0.323 e. The molecule has 2 rings (SSSR count). The van der Waals surface area contributed by atoms with E-state index in [9.17, 15) is 18.0 Å². The van der Waals surface area contributed by atoms with Crippen molar-refractivity contribution in [3.63, 3.8) is 0 Å². The number of urea groups is 1. The molecule has 0 heterocycles. The zero-order valence-corrected chi connectivity index (χ0v) is 9.58. The summed E-state index contributed by atoms with van der Waals surface area (Å²) in [5, 5.41) is 4.29. The van der Waals surface area contributed by atoms with E-state index in [2.05, 4.69) is 10.6 Å². The molecular formula is C13H9F3N2O. The number of benzene rings is 2. The van der Waals surface area contributed by atoms with Crippen LogP contribution in [0.5, 0.6) is 0 Å². The van der Waals surface area contributed by atoms with Gasteiger partial charge in [-0.3, -0.25) is 0 Å². The van der Waals surface area contributed by atoms with E-state index < -0.39 is 23.5 Å². The average molecular weight is 266 g/mol. The van der Waals surface area contributed by atoms with Crippen LogP contribution in [-0.4, -0.2) is 6.03 Å². The lowest BCUT2D eigenvalue weighted by Crippen LogP contribution is -2.20. The highest BCUT2D eigenvalue weighted by molar-refractivity contribution is 5.99. The van der Waals surface area contributed by atoms with E-state index in [-0.39, 0.29) is 11.4 Å². The van der Waals surface area contributed by atoms with Crippen LogP contribution in [0.2, 0.25) is 0 Å². The van der Waals surface area contributed by atoms with Gasteiger partial charge >= 0.3 is 6.03 Å². The van der Waals surface area contributed by atoms with E-state index in [1.165, 1.54) is 24.3 Å². The van der Waals surface area contributed by atoms with Gasteiger partial charge in [0.05, 0.1) is 11.4 Å². The van der Waals surface area contributed by atoms with Crippen molar-refractivity contribution in [1.82, 2.24) is 0 Å². The minimum absolute atomic E-state index is 0.0585. The lowest BCUT2D eigenvalue weighted by atomic mass is 10.3. The van der Waals surface area contributed by atoms with Crippen molar-refractivity contribution >= 4 is 17.4 Å². The summed E-state index contributed by atoms with van der Waals surface area (Å²) >= 11 is 0. The molecule has 0 radical (unpaired) electrons. The number of rotatable bonds is 2. The summed E-state index contributed by atoms with van der Waals surface area (Å²) in [6.07, 6.45) is 0. The van der Waals surface area contributed by atoms with Gasteiger partial charge in [0, 0.05) is 6.07 Å². The van der Waals surface area contributed by atoms with E-state index in [1.807, 2.05) is 0 Å². The van der Waals surface area contributed by atoms with Crippen LogP contribution in [0.3, 0.4) is 0 Å². The highest BCUT2D eigenvalue weighted by Gasteiger charge is 2.09. The summed E-state index contributed by atoms with van der Waals surface area (Å²) in [6, 6.07) is 7.27. The third-order valence-electron chi connectivity index (χ3n) is 2.30. The molecule has 0 aromatic heterocycles. The van der Waals surface area contributed by atoms with Gasteiger partial charge < -0.3 is 10.6 Å². The Kier molecular flexibility index (Phi) is 3.70. The van der Waals surface area contributed by atoms with Crippen LogP contribution < -0.4 is 10.6 Å². The SMILES string of the molecule is O=C(Nc1ccccc1F)Nc1cc(F)ccc1F. The molecule has 0 fully saturated rings. The maximum Gasteiger partial charge on any atom is 0.323 e. The topological polar surface area (TPSA) is 41.1 Å². The second-order valence-corrected chi connectivity index (χ2v) is 3.68. The predicted octanol–water partition coefficient (Wildman–Crippen LogP) is 3.75. The molecule has 0 spiro atoms. The molecule has 0 unspecified atom stereocenters. The van der Waals surface area contributed by atoms with Gasteiger partial charge in [-0.05, 0) is 24.3 Å². The number of halogens is 3. The number of carbonyl (C=O) groups excluding carboxylic acids is 1. The number of nitrogens with one attached hydrogen (secondary N) is 2. The quantitative estimate of drug-likeness (QED) is 0.854. The number of anilines is 2.